The summed E-state index contributed by atoms with van der Waals surface area (Å²) < 4.78 is 46.3. The summed E-state index contributed by atoms with van der Waals surface area (Å²) in [6, 6.07) is 9.59. The minimum absolute atomic E-state index is 0.0478. The Bertz CT molecular complexity index is 890. The second-order valence-corrected chi connectivity index (χ2v) is 8.41. The Balaban J connectivity index is 1.88. The van der Waals surface area contributed by atoms with Crippen molar-refractivity contribution in [2.75, 3.05) is 5.75 Å². The van der Waals surface area contributed by atoms with Crippen molar-refractivity contribution >= 4 is 22.8 Å². The van der Waals surface area contributed by atoms with Gasteiger partial charge in [0, 0.05) is 18.0 Å². The van der Waals surface area contributed by atoms with Crippen molar-refractivity contribution in [2.24, 2.45) is 4.99 Å². The third-order valence-electron chi connectivity index (χ3n) is 4.29. The Hall–Kier alpha value is -2.35. The number of esters is 1. The number of halogens is 3. The summed E-state index contributed by atoms with van der Waals surface area (Å²) in [6.07, 6.45) is -1.90. The van der Waals surface area contributed by atoms with E-state index in [1.807, 2.05) is 20.8 Å². The zero-order valence-electron chi connectivity index (χ0n) is 15.6. The van der Waals surface area contributed by atoms with Gasteiger partial charge in [-0.3, -0.25) is 4.98 Å². The number of hydrogen-bond acceptors (Lipinski definition) is 5. The molecule has 1 aromatic heterocycles. The van der Waals surface area contributed by atoms with E-state index >= 15 is 0 Å². The predicted octanol–water partition coefficient (Wildman–Crippen LogP) is 4.99. The largest absolute Gasteiger partial charge is 0.451 e. The van der Waals surface area contributed by atoms with Crippen molar-refractivity contribution in [2.45, 2.75) is 38.1 Å². The number of aromatic nitrogens is 1. The molecule has 0 aliphatic carbocycles. The van der Waals surface area contributed by atoms with Crippen LogP contribution in [0.15, 0.2) is 53.8 Å². The number of rotatable bonds is 3. The van der Waals surface area contributed by atoms with Gasteiger partial charge in [-0.05, 0) is 35.2 Å². The lowest BCUT2D eigenvalue weighted by Crippen LogP contribution is -2.48. The van der Waals surface area contributed by atoms with E-state index in [1.165, 1.54) is 24.5 Å². The van der Waals surface area contributed by atoms with Crippen molar-refractivity contribution in [3.05, 3.63) is 65.5 Å². The molecular weight excluding hydrogens is 389 g/mol. The molecular formula is C20H19F3N2O2S. The number of ether oxygens (including phenoxy) is 1. The molecule has 0 radical (unpaired) electrons. The van der Waals surface area contributed by atoms with Gasteiger partial charge in [-0.1, -0.05) is 44.7 Å². The van der Waals surface area contributed by atoms with Crippen LogP contribution in [0.4, 0.5) is 13.2 Å². The number of pyridine rings is 1. The summed E-state index contributed by atoms with van der Waals surface area (Å²) in [5.74, 6) is -1.60. The van der Waals surface area contributed by atoms with Crippen LogP contribution in [0.1, 0.15) is 42.3 Å². The van der Waals surface area contributed by atoms with Crippen LogP contribution < -0.4 is 0 Å². The van der Waals surface area contributed by atoms with Crippen LogP contribution in [-0.2, 0) is 10.2 Å². The lowest BCUT2D eigenvalue weighted by Gasteiger charge is -2.27. The van der Waals surface area contributed by atoms with E-state index in [0.29, 0.717) is 5.56 Å². The first-order valence-corrected chi connectivity index (χ1v) is 9.54. The maximum Gasteiger partial charge on any atom is 0.451 e. The molecule has 0 N–H and O–H groups in total. The number of aliphatic imine (C=N–C) groups is 1. The molecule has 1 aliphatic rings. The van der Waals surface area contributed by atoms with Gasteiger partial charge in [0.1, 0.15) is 5.04 Å². The van der Waals surface area contributed by atoms with E-state index in [-0.39, 0.29) is 16.0 Å². The van der Waals surface area contributed by atoms with E-state index in [4.69, 9.17) is 4.74 Å². The number of carbonyl (C=O) groups is 1. The second kappa shape index (κ2) is 7.24. The van der Waals surface area contributed by atoms with E-state index < -0.39 is 23.6 Å². The number of carbonyl (C=O) groups excluding carboxylic acids is 1. The lowest BCUT2D eigenvalue weighted by molar-refractivity contribution is -0.245. The van der Waals surface area contributed by atoms with Crippen molar-refractivity contribution in [3.63, 3.8) is 0 Å². The average molecular weight is 408 g/mol. The molecule has 3 rings (SSSR count). The zero-order chi connectivity index (χ0) is 20.6. The molecule has 1 aromatic carbocycles. The number of benzene rings is 1. The van der Waals surface area contributed by atoms with Crippen LogP contribution in [0.2, 0.25) is 0 Å². The van der Waals surface area contributed by atoms with Gasteiger partial charge in [0.05, 0.1) is 11.3 Å². The highest BCUT2D eigenvalue weighted by molar-refractivity contribution is 8.14. The van der Waals surface area contributed by atoms with Crippen molar-refractivity contribution in [1.29, 1.82) is 0 Å². The van der Waals surface area contributed by atoms with Crippen LogP contribution in [-0.4, -0.2) is 33.7 Å². The lowest BCUT2D eigenvalue weighted by atomic mass is 9.87. The number of thioether (sulfide) groups is 1. The topological polar surface area (TPSA) is 51.5 Å². The first kappa shape index (κ1) is 20.4. The number of alkyl halides is 3. The standard InChI is InChI=1S/C20H19F3N2O2S/c1-18(2,3)15-8-6-13(7-9-15)17(26)27-19(20(21,22)23)12-28-16(25-19)14-5-4-10-24-11-14/h4-11H,12H2,1-3H3. The van der Waals surface area contributed by atoms with E-state index in [2.05, 4.69) is 9.98 Å². The highest BCUT2D eigenvalue weighted by Crippen LogP contribution is 2.44. The molecule has 2 aromatic rings. The smallest absolute Gasteiger partial charge is 0.422 e. The summed E-state index contributed by atoms with van der Waals surface area (Å²) in [7, 11) is 0. The fourth-order valence-electron chi connectivity index (χ4n) is 2.61. The monoisotopic (exact) mass is 408 g/mol. The summed E-state index contributed by atoms with van der Waals surface area (Å²) in [6.45, 7) is 6.01. The minimum Gasteiger partial charge on any atom is -0.422 e. The van der Waals surface area contributed by atoms with Gasteiger partial charge in [0.2, 0.25) is 0 Å². The SMILES string of the molecule is CC(C)(C)c1ccc(C(=O)OC2(C(F)(F)F)CSC(c3cccnc3)=N2)cc1. The Kier molecular flexibility index (Phi) is 5.27. The van der Waals surface area contributed by atoms with Crippen LogP contribution in [0, 0.1) is 0 Å². The van der Waals surface area contributed by atoms with Gasteiger partial charge < -0.3 is 4.74 Å². The van der Waals surface area contributed by atoms with Crippen molar-refractivity contribution in [3.8, 4) is 0 Å². The molecule has 0 amide bonds. The Morgan fingerprint density at radius 2 is 1.82 bits per heavy atom. The molecule has 4 nitrogen and oxygen atoms in total. The summed E-state index contributed by atoms with van der Waals surface area (Å²) in [4.78, 5) is 20.1. The average Bonchev–Trinajstić information content (AvgIpc) is 3.07. The summed E-state index contributed by atoms with van der Waals surface area (Å²) in [5, 5.41) is 0.140. The molecule has 0 bridgehead atoms. The first-order valence-electron chi connectivity index (χ1n) is 8.55. The molecule has 0 saturated carbocycles. The van der Waals surface area contributed by atoms with Crippen molar-refractivity contribution < 1.29 is 22.7 Å². The quantitative estimate of drug-likeness (QED) is 0.672. The molecule has 8 heteroatoms. The first-order chi connectivity index (χ1) is 13.0. The van der Waals surface area contributed by atoms with E-state index in [0.717, 1.165) is 17.3 Å². The number of hydrogen-bond donors (Lipinski definition) is 0. The molecule has 1 unspecified atom stereocenters. The molecule has 0 spiro atoms. The van der Waals surface area contributed by atoms with E-state index in [1.54, 1.807) is 24.3 Å². The Morgan fingerprint density at radius 1 is 1.14 bits per heavy atom. The highest BCUT2D eigenvalue weighted by Gasteiger charge is 2.61. The van der Waals surface area contributed by atoms with Crippen LogP contribution in [0.5, 0.6) is 0 Å². The third kappa shape index (κ3) is 4.06. The Labute approximate surface area is 165 Å². The molecule has 0 fully saturated rings. The predicted molar refractivity (Wildman–Crippen MR) is 103 cm³/mol. The minimum atomic E-state index is -4.84. The van der Waals surface area contributed by atoms with Crippen molar-refractivity contribution in [1.82, 2.24) is 4.98 Å². The summed E-state index contributed by atoms with van der Waals surface area (Å²) in [5.41, 5.74) is -1.60. The fraction of sp³-hybridized carbons (Fsp3) is 0.350. The fourth-order valence-corrected chi connectivity index (χ4v) is 3.72. The third-order valence-corrected chi connectivity index (χ3v) is 5.42. The van der Waals surface area contributed by atoms with Gasteiger partial charge in [-0.2, -0.15) is 13.2 Å². The number of nitrogens with zero attached hydrogens (tertiary/aromatic N) is 2. The van der Waals surface area contributed by atoms with Gasteiger partial charge >= 0.3 is 17.9 Å². The molecule has 0 saturated heterocycles. The molecule has 28 heavy (non-hydrogen) atoms. The van der Waals surface area contributed by atoms with Gasteiger partial charge in [0.15, 0.2) is 0 Å². The molecule has 1 aliphatic heterocycles. The van der Waals surface area contributed by atoms with Gasteiger partial charge in [0.25, 0.3) is 0 Å². The maximum absolute atomic E-state index is 13.8. The normalized spacial score (nSPS) is 20.0. The highest BCUT2D eigenvalue weighted by atomic mass is 32.2. The Morgan fingerprint density at radius 3 is 2.36 bits per heavy atom. The zero-order valence-corrected chi connectivity index (χ0v) is 16.4. The van der Waals surface area contributed by atoms with E-state index in [9.17, 15) is 18.0 Å². The van der Waals surface area contributed by atoms with Gasteiger partial charge in [-0.15, -0.1) is 0 Å². The molecule has 148 valence electrons. The van der Waals surface area contributed by atoms with Crippen LogP contribution in [0.3, 0.4) is 0 Å². The molecule has 1 atom stereocenters. The maximum atomic E-state index is 13.8. The second-order valence-electron chi connectivity index (χ2n) is 7.45. The van der Waals surface area contributed by atoms with Gasteiger partial charge in [-0.25, -0.2) is 9.79 Å². The summed E-state index contributed by atoms with van der Waals surface area (Å²) >= 11 is 0.885. The van der Waals surface area contributed by atoms with Crippen LogP contribution in [0.25, 0.3) is 0 Å². The van der Waals surface area contributed by atoms with Crippen LogP contribution >= 0.6 is 11.8 Å². The molecule has 2 heterocycles.